The van der Waals surface area contributed by atoms with Crippen LogP contribution in [-0.4, -0.2) is 44.1 Å². The molecule has 0 amide bonds. The number of nitro groups is 1. The standard InChI is InChI=1S/C16H24FN3O3/c1-19(2)11-16(6-4-5-7-16)10-18-13-9-15(23-3)14(20(21)22)8-12(13)17/h8-9,18H,4-7,10-11H2,1-3H3. The SMILES string of the molecule is COc1cc(NCC2(CN(C)C)CCCC2)c(F)cc1[N+](=O)[O-]. The summed E-state index contributed by atoms with van der Waals surface area (Å²) >= 11 is 0. The van der Waals surface area contributed by atoms with Crippen LogP contribution in [0.5, 0.6) is 5.75 Å². The molecule has 1 aromatic carbocycles. The van der Waals surface area contributed by atoms with Gasteiger partial charge in [-0.2, -0.15) is 0 Å². The van der Waals surface area contributed by atoms with Gasteiger partial charge in [0.2, 0.25) is 0 Å². The van der Waals surface area contributed by atoms with Gasteiger partial charge in [0, 0.05) is 24.6 Å². The van der Waals surface area contributed by atoms with Crippen LogP contribution in [0.25, 0.3) is 0 Å². The van der Waals surface area contributed by atoms with Gasteiger partial charge >= 0.3 is 5.69 Å². The molecule has 1 fully saturated rings. The fraction of sp³-hybridized carbons (Fsp3) is 0.625. The number of hydrogen-bond acceptors (Lipinski definition) is 5. The highest BCUT2D eigenvalue weighted by Crippen LogP contribution is 2.39. The zero-order chi connectivity index (χ0) is 17.0. The van der Waals surface area contributed by atoms with Crippen LogP contribution in [0.15, 0.2) is 12.1 Å². The Morgan fingerprint density at radius 2 is 2.04 bits per heavy atom. The van der Waals surface area contributed by atoms with Crippen LogP contribution in [0, 0.1) is 21.3 Å². The molecule has 7 heteroatoms. The molecule has 0 aromatic heterocycles. The Balaban J connectivity index is 2.17. The number of nitro benzene ring substituents is 1. The van der Waals surface area contributed by atoms with Gasteiger partial charge < -0.3 is 15.0 Å². The predicted molar refractivity (Wildman–Crippen MR) is 87.6 cm³/mol. The molecule has 1 saturated carbocycles. The van der Waals surface area contributed by atoms with Gasteiger partial charge in [0.15, 0.2) is 11.6 Å². The van der Waals surface area contributed by atoms with E-state index in [1.54, 1.807) is 0 Å². The van der Waals surface area contributed by atoms with Crippen molar-refractivity contribution in [3.8, 4) is 5.75 Å². The second-order valence-electron chi connectivity index (χ2n) is 6.56. The van der Waals surface area contributed by atoms with Crippen LogP contribution in [0.3, 0.4) is 0 Å². The van der Waals surface area contributed by atoms with Gasteiger partial charge in [-0.05, 0) is 26.9 Å². The van der Waals surface area contributed by atoms with Crippen molar-refractivity contribution < 1.29 is 14.1 Å². The molecule has 0 radical (unpaired) electrons. The number of halogens is 1. The van der Waals surface area contributed by atoms with E-state index in [9.17, 15) is 14.5 Å². The van der Waals surface area contributed by atoms with Crippen LogP contribution in [-0.2, 0) is 0 Å². The van der Waals surface area contributed by atoms with E-state index < -0.39 is 10.7 Å². The number of nitrogens with one attached hydrogen (secondary N) is 1. The molecule has 128 valence electrons. The summed E-state index contributed by atoms with van der Waals surface area (Å²) in [6.45, 7) is 1.58. The van der Waals surface area contributed by atoms with E-state index in [1.165, 1.54) is 26.0 Å². The Hall–Kier alpha value is -1.89. The molecule has 1 aromatic rings. The predicted octanol–water partition coefficient (Wildman–Crippen LogP) is 3.28. The number of hydrogen-bond donors (Lipinski definition) is 1. The summed E-state index contributed by atoms with van der Waals surface area (Å²) in [5.41, 5.74) is 0.00204. The van der Waals surface area contributed by atoms with E-state index in [4.69, 9.17) is 4.74 Å². The normalized spacial score (nSPS) is 16.6. The molecule has 0 spiro atoms. The van der Waals surface area contributed by atoms with E-state index >= 15 is 0 Å². The molecule has 1 aliphatic rings. The maximum Gasteiger partial charge on any atom is 0.313 e. The van der Waals surface area contributed by atoms with Crippen molar-refractivity contribution in [2.24, 2.45) is 5.41 Å². The Bertz CT molecular complexity index is 572. The maximum absolute atomic E-state index is 14.2. The fourth-order valence-electron chi connectivity index (χ4n) is 3.45. The first kappa shape index (κ1) is 17.5. The number of nitrogens with zero attached hydrogens (tertiary/aromatic N) is 2. The lowest BCUT2D eigenvalue weighted by atomic mass is 9.85. The molecular formula is C16H24FN3O3. The quantitative estimate of drug-likeness (QED) is 0.615. The highest BCUT2D eigenvalue weighted by atomic mass is 19.1. The molecule has 0 atom stereocenters. The maximum atomic E-state index is 14.2. The fourth-order valence-corrected chi connectivity index (χ4v) is 3.45. The Morgan fingerprint density at radius 3 is 2.57 bits per heavy atom. The van der Waals surface area contributed by atoms with Crippen LogP contribution in [0.1, 0.15) is 25.7 Å². The van der Waals surface area contributed by atoms with Gasteiger partial charge in [0.1, 0.15) is 0 Å². The zero-order valence-electron chi connectivity index (χ0n) is 13.9. The lowest BCUT2D eigenvalue weighted by molar-refractivity contribution is -0.385. The summed E-state index contributed by atoms with van der Waals surface area (Å²) in [6, 6.07) is 2.28. The highest BCUT2D eigenvalue weighted by molar-refractivity contribution is 5.59. The lowest BCUT2D eigenvalue weighted by Crippen LogP contribution is -2.37. The largest absolute Gasteiger partial charge is 0.490 e. The van der Waals surface area contributed by atoms with Gasteiger partial charge in [-0.1, -0.05) is 12.8 Å². The smallest absolute Gasteiger partial charge is 0.313 e. The lowest BCUT2D eigenvalue weighted by Gasteiger charge is -2.32. The molecule has 1 N–H and O–H groups in total. The van der Waals surface area contributed by atoms with E-state index in [0.29, 0.717) is 6.54 Å². The van der Waals surface area contributed by atoms with Gasteiger partial charge in [-0.15, -0.1) is 0 Å². The second kappa shape index (κ2) is 7.12. The van der Waals surface area contributed by atoms with E-state index in [2.05, 4.69) is 10.2 Å². The van der Waals surface area contributed by atoms with Crippen LogP contribution < -0.4 is 10.1 Å². The Labute approximate surface area is 135 Å². The van der Waals surface area contributed by atoms with Crippen LogP contribution in [0.2, 0.25) is 0 Å². The molecule has 23 heavy (non-hydrogen) atoms. The zero-order valence-corrected chi connectivity index (χ0v) is 13.9. The molecule has 0 bridgehead atoms. The third kappa shape index (κ3) is 4.10. The minimum atomic E-state index is -0.643. The van der Waals surface area contributed by atoms with Crippen LogP contribution in [0.4, 0.5) is 15.8 Å². The van der Waals surface area contributed by atoms with E-state index in [1.807, 2.05) is 14.1 Å². The van der Waals surface area contributed by atoms with Crippen molar-refractivity contribution in [3.05, 3.63) is 28.1 Å². The summed E-state index contributed by atoms with van der Waals surface area (Å²) in [5.74, 6) is -0.567. The number of ether oxygens (including phenoxy) is 1. The number of benzene rings is 1. The summed E-state index contributed by atoms with van der Waals surface area (Å²) in [5, 5.41) is 14.1. The topological polar surface area (TPSA) is 67.6 Å². The summed E-state index contributed by atoms with van der Waals surface area (Å²) in [6.07, 6.45) is 4.57. The molecular weight excluding hydrogens is 301 g/mol. The van der Waals surface area contributed by atoms with Gasteiger partial charge in [0.25, 0.3) is 0 Å². The molecule has 0 aliphatic heterocycles. The summed E-state index contributed by atoms with van der Waals surface area (Å²) in [4.78, 5) is 12.4. The molecule has 0 heterocycles. The molecule has 0 unspecified atom stereocenters. The Kier molecular flexibility index (Phi) is 5.41. The molecule has 6 nitrogen and oxygen atoms in total. The highest BCUT2D eigenvalue weighted by Gasteiger charge is 2.34. The molecule has 2 rings (SSSR count). The monoisotopic (exact) mass is 325 g/mol. The summed E-state index contributed by atoms with van der Waals surface area (Å²) in [7, 11) is 5.42. The van der Waals surface area contributed by atoms with Gasteiger partial charge in [-0.25, -0.2) is 4.39 Å². The van der Waals surface area contributed by atoms with Crippen molar-refractivity contribution >= 4 is 11.4 Å². The third-order valence-corrected chi connectivity index (χ3v) is 4.43. The first-order valence-electron chi connectivity index (χ1n) is 7.77. The van der Waals surface area contributed by atoms with E-state index in [0.717, 1.165) is 25.5 Å². The molecule has 0 saturated heterocycles. The van der Waals surface area contributed by atoms with Crippen molar-refractivity contribution in [2.75, 3.05) is 39.6 Å². The van der Waals surface area contributed by atoms with Crippen molar-refractivity contribution in [1.82, 2.24) is 4.90 Å². The van der Waals surface area contributed by atoms with Crippen molar-refractivity contribution in [3.63, 3.8) is 0 Å². The average molecular weight is 325 g/mol. The number of anilines is 1. The first-order valence-corrected chi connectivity index (χ1v) is 7.77. The minimum Gasteiger partial charge on any atom is -0.490 e. The Morgan fingerprint density at radius 1 is 1.39 bits per heavy atom. The van der Waals surface area contributed by atoms with Gasteiger partial charge in [-0.3, -0.25) is 10.1 Å². The first-order chi connectivity index (χ1) is 10.9. The van der Waals surface area contributed by atoms with Crippen LogP contribution >= 0.6 is 0 Å². The second-order valence-corrected chi connectivity index (χ2v) is 6.56. The van der Waals surface area contributed by atoms with Gasteiger partial charge in [0.05, 0.1) is 23.8 Å². The van der Waals surface area contributed by atoms with Crippen molar-refractivity contribution in [2.45, 2.75) is 25.7 Å². The molecule has 1 aliphatic carbocycles. The minimum absolute atomic E-state index is 0.0620. The summed E-state index contributed by atoms with van der Waals surface area (Å²) < 4.78 is 19.2. The average Bonchev–Trinajstić information content (AvgIpc) is 2.93. The third-order valence-electron chi connectivity index (χ3n) is 4.43. The number of methoxy groups -OCH3 is 1. The van der Waals surface area contributed by atoms with E-state index in [-0.39, 0.29) is 22.5 Å². The number of rotatable bonds is 7. The van der Waals surface area contributed by atoms with Crippen molar-refractivity contribution in [1.29, 1.82) is 0 Å².